The Hall–Kier alpha value is -2.80. The number of nitrogens with zero attached hydrogens (tertiary/aromatic N) is 2. The maximum atomic E-state index is 12.4. The number of hydrogen-bond acceptors (Lipinski definition) is 5. The first-order chi connectivity index (χ1) is 12.5. The van der Waals surface area contributed by atoms with Crippen molar-refractivity contribution in [3.63, 3.8) is 0 Å². The van der Waals surface area contributed by atoms with E-state index in [-0.39, 0.29) is 23.3 Å². The molecule has 0 radical (unpaired) electrons. The van der Waals surface area contributed by atoms with Crippen molar-refractivity contribution in [1.82, 2.24) is 0 Å². The Morgan fingerprint density at radius 3 is 2.54 bits per heavy atom. The summed E-state index contributed by atoms with van der Waals surface area (Å²) in [6.45, 7) is 1.24. The number of piperidine rings is 1. The van der Waals surface area contributed by atoms with Crippen molar-refractivity contribution < 1.29 is 14.8 Å². The third-order valence-electron chi connectivity index (χ3n) is 4.51. The van der Waals surface area contributed by atoms with Crippen LogP contribution in [0.4, 0.5) is 17.1 Å². The first-order valence-electron chi connectivity index (χ1n) is 8.23. The molecule has 2 aromatic carbocycles. The summed E-state index contributed by atoms with van der Waals surface area (Å²) in [7, 11) is 0. The van der Waals surface area contributed by atoms with Crippen LogP contribution in [0.3, 0.4) is 0 Å². The summed E-state index contributed by atoms with van der Waals surface area (Å²) in [6.07, 6.45) is 1.26. The number of aromatic hydroxyl groups is 1. The SMILES string of the molecule is O=C(Nc1ccccc1O)C1CCN(c2ccc([N+](=O)[O-])cc2Cl)CC1. The topological polar surface area (TPSA) is 95.7 Å². The molecule has 0 aliphatic carbocycles. The zero-order valence-corrected chi connectivity index (χ0v) is 14.6. The summed E-state index contributed by atoms with van der Waals surface area (Å²) < 4.78 is 0. The smallest absolute Gasteiger partial charge is 0.271 e. The monoisotopic (exact) mass is 375 g/mol. The summed E-state index contributed by atoms with van der Waals surface area (Å²) in [6, 6.07) is 11.0. The molecular formula is C18H18ClN3O4. The number of nitro groups is 1. The van der Waals surface area contributed by atoms with Gasteiger partial charge < -0.3 is 15.3 Å². The predicted octanol–water partition coefficient (Wildman–Crippen LogP) is 3.81. The fourth-order valence-electron chi connectivity index (χ4n) is 3.06. The summed E-state index contributed by atoms with van der Waals surface area (Å²) >= 11 is 6.18. The van der Waals surface area contributed by atoms with Crippen molar-refractivity contribution in [2.45, 2.75) is 12.8 Å². The molecule has 0 atom stereocenters. The minimum absolute atomic E-state index is 0.0379. The molecule has 1 fully saturated rings. The largest absolute Gasteiger partial charge is 0.506 e. The van der Waals surface area contributed by atoms with Gasteiger partial charge in [0.05, 0.1) is 21.3 Å². The molecule has 1 amide bonds. The van der Waals surface area contributed by atoms with Gasteiger partial charge in [-0.25, -0.2) is 0 Å². The number of carbonyl (C=O) groups is 1. The molecule has 0 spiro atoms. The first kappa shape index (κ1) is 18.0. The van der Waals surface area contributed by atoms with Crippen LogP contribution in [0.15, 0.2) is 42.5 Å². The predicted molar refractivity (Wildman–Crippen MR) is 99.8 cm³/mol. The summed E-state index contributed by atoms with van der Waals surface area (Å²) in [5.74, 6) is -0.250. The molecule has 3 rings (SSSR count). The number of phenols is 1. The Morgan fingerprint density at radius 2 is 1.92 bits per heavy atom. The van der Waals surface area contributed by atoms with Gasteiger partial charge in [0.15, 0.2) is 0 Å². The molecule has 1 aliphatic rings. The van der Waals surface area contributed by atoms with Crippen molar-refractivity contribution >= 4 is 34.6 Å². The van der Waals surface area contributed by atoms with E-state index in [9.17, 15) is 20.0 Å². The van der Waals surface area contributed by atoms with Crippen LogP contribution in [-0.2, 0) is 4.79 Å². The van der Waals surface area contributed by atoms with E-state index in [0.29, 0.717) is 36.6 Å². The molecule has 0 bridgehead atoms. The third-order valence-corrected chi connectivity index (χ3v) is 4.81. The van der Waals surface area contributed by atoms with E-state index in [1.807, 2.05) is 4.90 Å². The minimum Gasteiger partial charge on any atom is -0.506 e. The quantitative estimate of drug-likeness (QED) is 0.481. The Morgan fingerprint density at radius 1 is 1.23 bits per heavy atom. The summed E-state index contributed by atoms with van der Waals surface area (Å²) in [4.78, 5) is 24.8. The number of amides is 1. The molecule has 1 aliphatic heterocycles. The van der Waals surface area contributed by atoms with Crippen LogP contribution in [0.5, 0.6) is 5.75 Å². The zero-order valence-electron chi connectivity index (χ0n) is 13.9. The Kier molecular flexibility index (Phi) is 5.27. The first-order valence-corrected chi connectivity index (χ1v) is 8.61. The van der Waals surface area contributed by atoms with Crippen LogP contribution in [0.1, 0.15) is 12.8 Å². The lowest BCUT2D eigenvalue weighted by atomic mass is 9.95. The Labute approximate surface area is 155 Å². The van der Waals surface area contributed by atoms with Crippen LogP contribution in [0, 0.1) is 16.0 Å². The van der Waals surface area contributed by atoms with E-state index >= 15 is 0 Å². The highest BCUT2D eigenvalue weighted by Gasteiger charge is 2.27. The summed E-state index contributed by atoms with van der Waals surface area (Å²) in [5, 5.41) is 23.6. The molecule has 8 heteroatoms. The van der Waals surface area contributed by atoms with Crippen LogP contribution in [0.2, 0.25) is 5.02 Å². The van der Waals surface area contributed by atoms with Gasteiger partial charge in [0.1, 0.15) is 5.75 Å². The normalized spacial score (nSPS) is 14.9. The van der Waals surface area contributed by atoms with Crippen molar-refractivity contribution in [2.24, 2.45) is 5.92 Å². The third kappa shape index (κ3) is 3.88. The molecule has 2 aromatic rings. The van der Waals surface area contributed by atoms with Crippen LogP contribution >= 0.6 is 11.6 Å². The van der Waals surface area contributed by atoms with Gasteiger partial charge in [-0.05, 0) is 31.0 Å². The van der Waals surface area contributed by atoms with Crippen molar-refractivity contribution in [3.05, 3.63) is 57.6 Å². The number of hydrogen-bond donors (Lipinski definition) is 2. The van der Waals surface area contributed by atoms with Crippen molar-refractivity contribution in [3.8, 4) is 5.75 Å². The highest BCUT2D eigenvalue weighted by molar-refractivity contribution is 6.33. The Bertz CT molecular complexity index is 835. The van der Waals surface area contributed by atoms with E-state index in [2.05, 4.69) is 5.32 Å². The molecule has 1 saturated heterocycles. The number of nitrogens with one attached hydrogen (secondary N) is 1. The van der Waals surface area contributed by atoms with Crippen LogP contribution in [-0.4, -0.2) is 29.0 Å². The van der Waals surface area contributed by atoms with Gasteiger partial charge in [0.2, 0.25) is 5.91 Å². The van der Waals surface area contributed by atoms with Crippen molar-refractivity contribution in [2.75, 3.05) is 23.3 Å². The number of phenolic OH excluding ortho intramolecular Hbond substituents is 1. The van der Waals surface area contributed by atoms with Gasteiger partial charge in [-0.2, -0.15) is 0 Å². The van der Waals surface area contributed by atoms with Gasteiger partial charge in [-0.15, -0.1) is 0 Å². The van der Waals surface area contributed by atoms with E-state index in [4.69, 9.17) is 11.6 Å². The maximum Gasteiger partial charge on any atom is 0.271 e. The van der Waals surface area contributed by atoms with Gasteiger partial charge >= 0.3 is 0 Å². The number of rotatable bonds is 4. The molecule has 2 N–H and O–H groups in total. The minimum atomic E-state index is -0.481. The Balaban J connectivity index is 1.61. The van der Waals surface area contributed by atoms with Gasteiger partial charge in [0, 0.05) is 31.1 Å². The molecule has 136 valence electrons. The molecule has 26 heavy (non-hydrogen) atoms. The standard InChI is InChI=1S/C18H18ClN3O4/c19-14-11-13(22(25)26)5-6-16(14)21-9-7-12(8-10-21)18(24)20-15-3-1-2-4-17(15)23/h1-6,11-12,23H,7-10H2,(H,20,24). The van der Waals surface area contributed by atoms with Crippen LogP contribution < -0.4 is 10.2 Å². The molecular weight excluding hydrogens is 358 g/mol. The number of para-hydroxylation sites is 2. The highest BCUT2D eigenvalue weighted by Crippen LogP contribution is 2.33. The second-order valence-electron chi connectivity index (χ2n) is 6.16. The van der Waals surface area contributed by atoms with E-state index < -0.39 is 4.92 Å². The van der Waals surface area contributed by atoms with E-state index in [1.165, 1.54) is 18.2 Å². The number of non-ortho nitro benzene ring substituents is 1. The molecule has 1 heterocycles. The zero-order chi connectivity index (χ0) is 18.7. The summed E-state index contributed by atoms with van der Waals surface area (Å²) in [5.41, 5.74) is 1.09. The maximum absolute atomic E-state index is 12.4. The number of nitro benzene ring substituents is 1. The fraction of sp³-hybridized carbons (Fsp3) is 0.278. The average molecular weight is 376 g/mol. The van der Waals surface area contributed by atoms with Gasteiger partial charge in [-0.3, -0.25) is 14.9 Å². The lowest BCUT2D eigenvalue weighted by molar-refractivity contribution is -0.384. The number of carbonyl (C=O) groups excluding carboxylic acids is 1. The second-order valence-corrected chi connectivity index (χ2v) is 6.57. The molecule has 0 unspecified atom stereocenters. The average Bonchev–Trinajstić information content (AvgIpc) is 2.63. The molecule has 0 aromatic heterocycles. The lowest BCUT2D eigenvalue weighted by Gasteiger charge is -2.33. The van der Waals surface area contributed by atoms with Crippen molar-refractivity contribution in [1.29, 1.82) is 0 Å². The number of halogens is 1. The lowest BCUT2D eigenvalue weighted by Crippen LogP contribution is -2.38. The molecule has 0 saturated carbocycles. The van der Waals surface area contributed by atoms with E-state index in [1.54, 1.807) is 24.3 Å². The highest BCUT2D eigenvalue weighted by atomic mass is 35.5. The van der Waals surface area contributed by atoms with Gasteiger partial charge in [-0.1, -0.05) is 23.7 Å². The number of anilines is 2. The molecule has 7 nitrogen and oxygen atoms in total. The van der Waals surface area contributed by atoms with Crippen LogP contribution in [0.25, 0.3) is 0 Å². The fourth-order valence-corrected chi connectivity index (χ4v) is 3.36. The second kappa shape index (κ2) is 7.61. The van der Waals surface area contributed by atoms with E-state index in [0.717, 1.165) is 5.69 Å². The van der Waals surface area contributed by atoms with Gasteiger partial charge in [0.25, 0.3) is 5.69 Å². The number of benzene rings is 2.